The number of halogens is 7. The van der Waals surface area contributed by atoms with Crippen molar-refractivity contribution < 1.29 is 45.3 Å². The Hall–Kier alpha value is -0.300. The summed E-state index contributed by atoms with van der Waals surface area (Å²) >= 11 is 1.62. The summed E-state index contributed by atoms with van der Waals surface area (Å²) in [5.41, 5.74) is -7.53. The van der Waals surface area contributed by atoms with Crippen LogP contribution in [0.3, 0.4) is 0 Å². The lowest BCUT2D eigenvalue weighted by Gasteiger charge is -2.48. The van der Waals surface area contributed by atoms with Crippen LogP contribution >= 0.6 is 22.6 Å². The lowest BCUT2D eigenvalue weighted by Crippen LogP contribution is -2.72. The van der Waals surface area contributed by atoms with Crippen molar-refractivity contribution in [1.82, 2.24) is 0 Å². The summed E-state index contributed by atoms with van der Waals surface area (Å²) in [6.07, 6.45) is -12.6. The highest BCUT2D eigenvalue weighted by atomic mass is 127. The summed E-state index contributed by atoms with van der Waals surface area (Å²) in [5, 5.41) is 0. The van der Waals surface area contributed by atoms with Crippen molar-refractivity contribution in [2.75, 3.05) is 13.9 Å². The number of hydrogen-bond donors (Lipinski definition) is 0. The fourth-order valence-electron chi connectivity index (χ4n) is 3.02. The lowest BCUT2D eigenvalue weighted by atomic mass is 9.79. The number of ether oxygens (including phenoxy) is 3. The molecule has 1 rings (SSSR count). The van der Waals surface area contributed by atoms with E-state index in [4.69, 9.17) is 4.74 Å². The third kappa shape index (κ3) is 4.18. The quantitative estimate of drug-likeness (QED) is 0.172. The van der Waals surface area contributed by atoms with Gasteiger partial charge in [0.25, 0.3) is 0 Å². The van der Waals surface area contributed by atoms with E-state index in [1.165, 1.54) is 0 Å². The van der Waals surface area contributed by atoms with Gasteiger partial charge in [-0.05, 0) is 32.1 Å². The summed E-state index contributed by atoms with van der Waals surface area (Å²) in [7, 11) is 0.906. The molecule has 1 aliphatic carbocycles. The second-order valence-electron chi connectivity index (χ2n) is 5.73. The normalized spacial score (nSPS) is 19.7. The fourth-order valence-corrected chi connectivity index (χ4v) is 3.14. The van der Waals surface area contributed by atoms with Crippen molar-refractivity contribution in [3.05, 3.63) is 0 Å². The average Bonchev–Trinajstić information content (AvgIpc) is 2.93. The molecular formula is C14H19F6IO4. The Labute approximate surface area is 154 Å². The molecule has 1 fully saturated rings. The molecule has 11 heteroatoms. The van der Waals surface area contributed by atoms with Gasteiger partial charge in [-0.1, -0.05) is 29.5 Å². The van der Waals surface area contributed by atoms with Crippen LogP contribution in [-0.4, -0.2) is 47.4 Å². The zero-order valence-corrected chi connectivity index (χ0v) is 15.8. The molecule has 0 bridgehead atoms. The standard InChI is InChI=1S/C14H19F6IO4/c1-3-9(21)10(22)25-11(6-4-5-7-11)12(13(15,16)17,14(18,19)20)24-8-23-2/h9H,3-8H2,1-2H3. The second kappa shape index (κ2) is 8.15. The maximum Gasteiger partial charge on any atom is 0.430 e. The summed E-state index contributed by atoms with van der Waals surface area (Å²) in [5.74, 6) is -1.12. The van der Waals surface area contributed by atoms with Gasteiger partial charge in [-0.15, -0.1) is 0 Å². The highest BCUT2D eigenvalue weighted by molar-refractivity contribution is 14.1. The van der Waals surface area contributed by atoms with E-state index in [2.05, 4.69) is 9.47 Å². The number of rotatable bonds is 7. The van der Waals surface area contributed by atoms with Gasteiger partial charge in [0.05, 0.1) is 0 Å². The molecule has 148 valence electrons. The maximum atomic E-state index is 13.7. The van der Waals surface area contributed by atoms with Crippen LogP contribution in [-0.2, 0) is 19.0 Å². The van der Waals surface area contributed by atoms with Crippen LogP contribution in [0.2, 0.25) is 0 Å². The van der Waals surface area contributed by atoms with Crippen LogP contribution in [0.15, 0.2) is 0 Å². The van der Waals surface area contributed by atoms with E-state index in [1.54, 1.807) is 29.5 Å². The molecule has 0 heterocycles. The minimum Gasteiger partial charge on any atom is -0.454 e. The smallest absolute Gasteiger partial charge is 0.430 e. The number of esters is 1. The molecule has 1 unspecified atom stereocenters. The highest BCUT2D eigenvalue weighted by Gasteiger charge is 2.83. The number of alkyl halides is 7. The SMILES string of the molecule is CCC(I)C(=O)OC1(C(OCOC)(C(F)(F)F)C(F)(F)F)CCCC1. The first-order valence-electron chi connectivity index (χ1n) is 7.52. The van der Waals surface area contributed by atoms with E-state index in [0.29, 0.717) is 0 Å². The topological polar surface area (TPSA) is 44.8 Å². The number of carbonyl (C=O) groups excluding carboxylic acids is 1. The van der Waals surface area contributed by atoms with Crippen LogP contribution in [0.1, 0.15) is 39.0 Å². The van der Waals surface area contributed by atoms with Crippen molar-refractivity contribution in [1.29, 1.82) is 0 Å². The predicted molar refractivity (Wildman–Crippen MR) is 83.2 cm³/mol. The monoisotopic (exact) mass is 492 g/mol. The Balaban J connectivity index is 3.52. The number of carbonyl (C=O) groups is 1. The Morgan fingerprint density at radius 1 is 1.12 bits per heavy atom. The minimum atomic E-state index is -5.86. The first-order chi connectivity index (χ1) is 11.4. The molecule has 1 aliphatic rings. The van der Waals surface area contributed by atoms with Gasteiger partial charge in [0.15, 0.2) is 5.60 Å². The first kappa shape index (κ1) is 22.7. The number of hydrogen-bond acceptors (Lipinski definition) is 4. The second-order valence-corrected chi connectivity index (χ2v) is 7.23. The summed E-state index contributed by atoms with van der Waals surface area (Å²) in [6.45, 7) is 0.321. The number of methoxy groups -OCH3 is 1. The molecule has 4 nitrogen and oxygen atoms in total. The molecule has 0 N–H and O–H groups in total. The van der Waals surface area contributed by atoms with Crippen molar-refractivity contribution in [2.24, 2.45) is 0 Å². The van der Waals surface area contributed by atoms with Crippen LogP contribution in [0.25, 0.3) is 0 Å². The minimum absolute atomic E-state index is 0.0512. The fraction of sp³-hybridized carbons (Fsp3) is 0.929. The third-order valence-electron chi connectivity index (χ3n) is 4.15. The van der Waals surface area contributed by atoms with E-state index < -0.39 is 53.1 Å². The molecule has 0 amide bonds. The summed E-state index contributed by atoms with van der Waals surface area (Å²) in [4.78, 5) is 12.1. The Morgan fingerprint density at radius 3 is 1.96 bits per heavy atom. The molecule has 0 saturated heterocycles. The van der Waals surface area contributed by atoms with Crippen molar-refractivity contribution in [3.8, 4) is 0 Å². The molecule has 0 aromatic carbocycles. The van der Waals surface area contributed by atoms with E-state index >= 15 is 0 Å². The molecule has 25 heavy (non-hydrogen) atoms. The van der Waals surface area contributed by atoms with Crippen LogP contribution in [0.4, 0.5) is 26.3 Å². The van der Waals surface area contributed by atoms with Gasteiger partial charge in [0.1, 0.15) is 10.7 Å². The van der Waals surface area contributed by atoms with Crippen LogP contribution < -0.4 is 0 Å². The average molecular weight is 492 g/mol. The van der Waals surface area contributed by atoms with Gasteiger partial charge in [0, 0.05) is 7.11 Å². The van der Waals surface area contributed by atoms with Gasteiger partial charge >= 0.3 is 23.9 Å². The van der Waals surface area contributed by atoms with E-state index in [-0.39, 0.29) is 19.3 Å². The molecule has 0 radical (unpaired) electrons. The maximum absolute atomic E-state index is 13.7. The molecule has 0 aromatic heterocycles. The Morgan fingerprint density at radius 2 is 1.60 bits per heavy atom. The van der Waals surface area contributed by atoms with Gasteiger partial charge < -0.3 is 14.2 Å². The molecule has 1 atom stereocenters. The van der Waals surface area contributed by atoms with Crippen LogP contribution in [0, 0.1) is 0 Å². The van der Waals surface area contributed by atoms with Gasteiger partial charge in [-0.25, -0.2) is 0 Å². The van der Waals surface area contributed by atoms with Crippen molar-refractivity contribution in [2.45, 2.75) is 66.5 Å². The molecule has 0 aromatic rings. The summed E-state index contributed by atoms with van der Waals surface area (Å²) < 4.78 is 95.0. The molecular weight excluding hydrogens is 473 g/mol. The van der Waals surface area contributed by atoms with Gasteiger partial charge in [-0.2, -0.15) is 26.3 Å². The molecule has 1 saturated carbocycles. The molecule has 0 aliphatic heterocycles. The molecule has 0 spiro atoms. The van der Waals surface area contributed by atoms with Gasteiger partial charge in [-0.3, -0.25) is 4.79 Å². The van der Waals surface area contributed by atoms with Crippen molar-refractivity contribution in [3.63, 3.8) is 0 Å². The largest absolute Gasteiger partial charge is 0.454 e. The van der Waals surface area contributed by atoms with E-state index in [1.807, 2.05) is 0 Å². The zero-order valence-electron chi connectivity index (χ0n) is 13.6. The Bertz CT molecular complexity index is 445. The zero-order chi connectivity index (χ0) is 19.5. The van der Waals surface area contributed by atoms with E-state index in [9.17, 15) is 31.1 Å². The lowest BCUT2D eigenvalue weighted by molar-refractivity contribution is -0.432. The highest BCUT2D eigenvalue weighted by Crippen LogP contribution is 2.58. The first-order valence-corrected chi connectivity index (χ1v) is 8.76. The predicted octanol–water partition coefficient (Wildman–Crippen LogP) is 4.54. The van der Waals surface area contributed by atoms with Crippen molar-refractivity contribution >= 4 is 28.6 Å². The van der Waals surface area contributed by atoms with Crippen LogP contribution in [0.5, 0.6) is 0 Å². The third-order valence-corrected chi connectivity index (χ3v) is 5.54. The van der Waals surface area contributed by atoms with E-state index in [0.717, 1.165) is 7.11 Å². The summed E-state index contributed by atoms with van der Waals surface area (Å²) in [6, 6.07) is 0. The Kier molecular flexibility index (Phi) is 7.42. The van der Waals surface area contributed by atoms with Gasteiger partial charge in [0.2, 0.25) is 0 Å².